The number of carboxylic acid groups (broad SMARTS) is 1. The van der Waals surface area contributed by atoms with Crippen LogP contribution in [-0.2, 0) is 9.53 Å². The SMILES string of the molecule is COC(=O)CC(c1ccc(C(=O)O)cc1)c1c(O)cc(O)c2c(=O)c(O)c(-c3ccc(O)c(O)c3)oc12. The van der Waals surface area contributed by atoms with Gasteiger partial charge in [0, 0.05) is 23.1 Å². The zero-order valence-corrected chi connectivity index (χ0v) is 19.1. The number of aromatic carboxylic acids is 1. The number of hydrogen-bond donors (Lipinski definition) is 6. The third-order valence-electron chi connectivity index (χ3n) is 5.88. The normalized spacial score (nSPS) is 11.8. The van der Waals surface area contributed by atoms with Gasteiger partial charge in [-0.1, -0.05) is 12.1 Å². The van der Waals surface area contributed by atoms with Crippen molar-refractivity contribution in [2.24, 2.45) is 0 Å². The highest BCUT2D eigenvalue weighted by molar-refractivity contribution is 5.92. The highest BCUT2D eigenvalue weighted by Gasteiger charge is 2.30. The van der Waals surface area contributed by atoms with Gasteiger partial charge in [-0.15, -0.1) is 0 Å². The first-order valence-electron chi connectivity index (χ1n) is 10.7. The molecule has 6 N–H and O–H groups in total. The lowest BCUT2D eigenvalue weighted by Gasteiger charge is -2.20. The second kappa shape index (κ2) is 9.46. The van der Waals surface area contributed by atoms with Crippen molar-refractivity contribution < 1.29 is 49.4 Å². The Labute approximate surface area is 207 Å². The summed E-state index contributed by atoms with van der Waals surface area (Å²) in [6, 6.07) is 9.62. The van der Waals surface area contributed by atoms with Crippen LogP contribution in [0.1, 0.15) is 33.8 Å². The molecule has 0 spiro atoms. The first-order valence-corrected chi connectivity index (χ1v) is 10.7. The van der Waals surface area contributed by atoms with Gasteiger partial charge < -0.3 is 39.8 Å². The zero-order valence-electron chi connectivity index (χ0n) is 19.1. The minimum atomic E-state index is -1.18. The van der Waals surface area contributed by atoms with Gasteiger partial charge in [-0.2, -0.15) is 0 Å². The number of aromatic hydroxyl groups is 5. The number of carbonyl (C=O) groups excluding carboxylic acids is 1. The number of methoxy groups -OCH3 is 1. The number of carbonyl (C=O) groups is 2. The molecule has 11 nitrogen and oxygen atoms in total. The number of ether oxygens (including phenoxy) is 1. The van der Waals surface area contributed by atoms with E-state index in [9.17, 15) is 45.0 Å². The number of fused-ring (bicyclic) bond motifs is 1. The molecule has 0 saturated heterocycles. The number of carboxylic acids is 1. The third kappa shape index (κ3) is 4.45. The summed E-state index contributed by atoms with van der Waals surface area (Å²) in [5.41, 5.74) is -1.28. The minimum Gasteiger partial charge on any atom is -0.507 e. The molecule has 1 heterocycles. The van der Waals surface area contributed by atoms with Crippen LogP contribution in [0.15, 0.2) is 57.7 Å². The Balaban J connectivity index is 2.06. The Bertz CT molecular complexity index is 1600. The second-order valence-corrected chi connectivity index (χ2v) is 8.11. The number of phenolic OH excluding ortho intramolecular Hbond substituents is 4. The van der Waals surface area contributed by atoms with E-state index in [0.717, 1.165) is 25.3 Å². The van der Waals surface area contributed by atoms with E-state index in [1.807, 2.05) is 0 Å². The second-order valence-electron chi connectivity index (χ2n) is 8.11. The summed E-state index contributed by atoms with van der Waals surface area (Å²) in [4.78, 5) is 36.7. The van der Waals surface area contributed by atoms with E-state index < -0.39 is 63.2 Å². The summed E-state index contributed by atoms with van der Waals surface area (Å²) in [7, 11) is 1.15. The molecule has 0 fully saturated rings. The zero-order chi connectivity index (χ0) is 27.0. The van der Waals surface area contributed by atoms with E-state index in [1.165, 1.54) is 30.3 Å². The van der Waals surface area contributed by atoms with E-state index in [4.69, 9.17) is 9.15 Å². The van der Waals surface area contributed by atoms with Crippen LogP contribution in [0.5, 0.6) is 28.7 Å². The van der Waals surface area contributed by atoms with Crippen LogP contribution in [0.25, 0.3) is 22.3 Å². The van der Waals surface area contributed by atoms with Gasteiger partial charge in [0.05, 0.1) is 19.1 Å². The van der Waals surface area contributed by atoms with Gasteiger partial charge in [0.2, 0.25) is 11.2 Å². The maximum absolute atomic E-state index is 13.1. The molecule has 190 valence electrons. The molecule has 37 heavy (non-hydrogen) atoms. The van der Waals surface area contributed by atoms with Crippen molar-refractivity contribution in [1.29, 1.82) is 0 Å². The summed E-state index contributed by atoms with van der Waals surface area (Å²) in [5, 5.41) is 60.1. The van der Waals surface area contributed by atoms with Crippen LogP contribution in [0.3, 0.4) is 0 Å². The molecule has 4 aromatic rings. The Hall–Kier alpha value is -5.19. The average Bonchev–Trinajstić information content (AvgIpc) is 2.86. The van der Waals surface area contributed by atoms with Gasteiger partial charge in [-0.05, 0) is 35.9 Å². The average molecular weight is 508 g/mol. The van der Waals surface area contributed by atoms with Gasteiger partial charge >= 0.3 is 11.9 Å². The summed E-state index contributed by atoms with van der Waals surface area (Å²) in [6.45, 7) is 0. The molecule has 1 atom stereocenters. The van der Waals surface area contributed by atoms with Crippen molar-refractivity contribution in [3.63, 3.8) is 0 Å². The molecule has 3 aromatic carbocycles. The Morgan fingerprint density at radius 1 is 0.892 bits per heavy atom. The van der Waals surface area contributed by atoms with E-state index in [2.05, 4.69) is 0 Å². The van der Waals surface area contributed by atoms with E-state index >= 15 is 0 Å². The predicted molar refractivity (Wildman–Crippen MR) is 128 cm³/mol. The molecule has 4 rings (SSSR count). The number of hydrogen-bond acceptors (Lipinski definition) is 10. The Morgan fingerprint density at radius 2 is 1.57 bits per heavy atom. The first-order chi connectivity index (χ1) is 17.5. The molecular weight excluding hydrogens is 488 g/mol. The molecule has 0 aliphatic rings. The molecule has 0 saturated carbocycles. The highest BCUT2D eigenvalue weighted by Crippen LogP contribution is 2.45. The lowest BCUT2D eigenvalue weighted by Crippen LogP contribution is -2.13. The largest absolute Gasteiger partial charge is 0.507 e. The molecule has 1 unspecified atom stereocenters. The fourth-order valence-electron chi connectivity index (χ4n) is 4.04. The van der Waals surface area contributed by atoms with Crippen molar-refractivity contribution in [3.8, 4) is 40.1 Å². The standard InChI is InChI=1S/C26H20O11/c1-36-19(31)9-14(11-2-4-12(5-3-11)26(34)35)20-17(29)10-18(30)21-22(32)23(33)24(37-25(20)21)13-6-7-15(27)16(28)8-13/h2-8,10,14,27-30,33H,9H2,1H3,(H,34,35). The van der Waals surface area contributed by atoms with Crippen LogP contribution in [0.4, 0.5) is 0 Å². The van der Waals surface area contributed by atoms with E-state index in [-0.39, 0.29) is 28.7 Å². The van der Waals surface area contributed by atoms with Gasteiger partial charge in [-0.25, -0.2) is 4.79 Å². The number of esters is 1. The van der Waals surface area contributed by atoms with E-state index in [0.29, 0.717) is 5.56 Å². The number of benzene rings is 3. The lowest BCUT2D eigenvalue weighted by atomic mass is 9.86. The molecule has 0 radical (unpaired) electrons. The molecule has 0 aliphatic carbocycles. The fourth-order valence-corrected chi connectivity index (χ4v) is 4.04. The van der Waals surface area contributed by atoms with Gasteiger partial charge in [0.25, 0.3) is 0 Å². The van der Waals surface area contributed by atoms with Gasteiger partial charge in [0.1, 0.15) is 22.5 Å². The number of phenols is 4. The maximum atomic E-state index is 13.1. The van der Waals surface area contributed by atoms with Crippen LogP contribution in [0.2, 0.25) is 0 Å². The first kappa shape index (κ1) is 24.9. The van der Waals surface area contributed by atoms with Crippen LogP contribution >= 0.6 is 0 Å². The van der Waals surface area contributed by atoms with Crippen LogP contribution < -0.4 is 5.43 Å². The van der Waals surface area contributed by atoms with Crippen molar-refractivity contribution >= 4 is 22.9 Å². The minimum absolute atomic E-state index is 0.0177. The molecule has 0 amide bonds. The molecule has 11 heteroatoms. The van der Waals surface area contributed by atoms with E-state index in [1.54, 1.807) is 0 Å². The Kier molecular flexibility index (Phi) is 6.37. The quantitative estimate of drug-likeness (QED) is 0.165. The van der Waals surface area contributed by atoms with Gasteiger partial charge in [-0.3, -0.25) is 9.59 Å². The molecule has 0 bridgehead atoms. The van der Waals surface area contributed by atoms with Crippen molar-refractivity contribution in [1.82, 2.24) is 0 Å². The summed E-state index contributed by atoms with van der Waals surface area (Å²) in [6.07, 6.45) is -0.379. The van der Waals surface area contributed by atoms with Gasteiger partial charge in [0.15, 0.2) is 17.3 Å². The summed E-state index contributed by atoms with van der Waals surface area (Å²) in [5.74, 6) is -6.61. The molecule has 0 aliphatic heterocycles. The van der Waals surface area contributed by atoms with Crippen LogP contribution in [-0.4, -0.2) is 49.7 Å². The molecular formula is C26H20O11. The Morgan fingerprint density at radius 3 is 2.16 bits per heavy atom. The van der Waals surface area contributed by atoms with Crippen molar-refractivity contribution in [3.05, 3.63) is 75.4 Å². The monoisotopic (exact) mass is 508 g/mol. The predicted octanol–water partition coefficient (Wildman–Crippen LogP) is 3.38. The summed E-state index contributed by atoms with van der Waals surface area (Å²) >= 11 is 0. The van der Waals surface area contributed by atoms with Crippen molar-refractivity contribution in [2.75, 3.05) is 7.11 Å². The lowest BCUT2D eigenvalue weighted by molar-refractivity contribution is -0.140. The van der Waals surface area contributed by atoms with Crippen LogP contribution in [0, 0.1) is 0 Å². The third-order valence-corrected chi connectivity index (χ3v) is 5.88. The fraction of sp³-hybridized carbons (Fsp3) is 0.115. The molecule has 1 aromatic heterocycles. The highest BCUT2D eigenvalue weighted by atomic mass is 16.5. The number of rotatable bonds is 6. The maximum Gasteiger partial charge on any atom is 0.335 e. The topological polar surface area (TPSA) is 195 Å². The summed E-state index contributed by atoms with van der Waals surface area (Å²) < 4.78 is 10.6. The smallest absolute Gasteiger partial charge is 0.335 e. The van der Waals surface area contributed by atoms with Crippen molar-refractivity contribution in [2.45, 2.75) is 12.3 Å².